The number of rotatable bonds is 59. The molecule has 0 saturated carbocycles. The Labute approximate surface area is 597 Å². The summed E-state index contributed by atoms with van der Waals surface area (Å²) in [6.45, 7) is 15.7. The van der Waals surface area contributed by atoms with Crippen LogP contribution in [0.2, 0.25) is 0 Å². The number of aliphatic hydroxyl groups excluding tert-OH is 2. The topological polar surface area (TPSA) is 136 Å². The molecule has 0 aliphatic rings. The molecule has 4 aromatic rings. The van der Waals surface area contributed by atoms with Crippen LogP contribution in [0, 0.1) is 5.41 Å². The summed E-state index contributed by atoms with van der Waals surface area (Å²) in [4.78, 5) is 50.0. The molecule has 0 spiro atoms. The Morgan fingerprint density at radius 2 is 0.663 bits per heavy atom. The maximum absolute atomic E-state index is 13.2. The number of aliphatic hydroxyl groups is 2. The number of esters is 3. The van der Waals surface area contributed by atoms with Crippen molar-refractivity contribution in [2.75, 3.05) is 114 Å². The molecule has 4 rings (SSSR count). The standard InChI is InChI=1S/C58H102N2O4.C27H40N2O5/c1-6-8-10-12-14-16-22-34-44-58(43-33-21-15-13-11-9-7-2,45-35-23-17-19-31-41-56(62)53-60(5,47-49-61)52-55-39-29-26-30-40-55)46-36-24-18-20-32-42-57(63)64-50-48-59(3,4)51-54-37-27-25-28-38-54;1-4-28(2,22-24-11-7-5-8-12-24)16-19-33-26(31)21-27(32)34-20-17-29(3,15-18-30)23-25-13-9-6-10-14-25/h25-30,37-40,61H,6-24,31-36,41-53H2,1-5H3;5-14,30H,4,15-23H2,1-3H3/q2*+2. The highest BCUT2D eigenvalue weighted by molar-refractivity contribution is 5.91. The number of quaternary nitrogens is 4. The zero-order valence-electron chi connectivity index (χ0n) is 63.5. The normalized spacial score (nSPS) is 14.0. The van der Waals surface area contributed by atoms with Crippen molar-refractivity contribution in [3.05, 3.63) is 144 Å². The van der Waals surface area contributed by atoms with E-state index in [1.807, 2.05) is 61.6 Å². The van der Waals surface area contributed by atoms with Crippen LogP contribution >= 0.6 is 0 Å². The number of unbranched alkanes of at least 4 members (excludes halogenated alkanes) is 21. The summed E-state index contributed by atoms with van der Waals surface area (Å²) in [5.74, 6) is -0.856. The molecule has 13 heteroatoms. The first-order chi connectivity index (χ1) is 47.3. The fourth-order valence-electron chi connectivity index (χ4n) is 14.0. The number of hydrogen-bond acceptors (Lipinski definition) is 9. The van der Waals surface area contributed by atoms with Gasteiger partial charge >= 0.3 is 17.9 Å². The molecule has 98 heavy (non-hydrogen) atoms. The van der Waals surface area contributed by atoms with E-state index in [2.05, 4.69) is 116 Å². The molecule has 13 nitrogen and oxygen atoms in total. The molecule has 0 radical (unpaired) electrons. The monoisotopic (exact) mass is 1360 g/mol. The highest BCUT2D eigenvalue weighted by Crippen LogP contribution is 2.42. The van der Waals surface area contributed by atoms with Gasteiger partial charge in [-0.1, -0.05) is 283 Å². The highest BCUT2D eigenvalue weighted by Gasteiger charge is 2.30. The van der Waals surface area contributed by atoms with Crippen LogP contribution in [0.5, 0.6) is 0 Å². The van der Waals surface area contributed by atoms with Gasteiger partial charge in [0.15, 0.2) is 5.78 Å². The minimum atomic E-state index is -0.586. The largest absolute Gasteiger partial charge is 0.460 e. The van der Waals surface area contributed by atoms with Gasteiger partial charge in [-0.15, -0.1) is 0 Å². The molecule has 552 valence electrons. The molecule has 0 bridgehead atoms. The van der Waals surface area contributed by atoms with E-state index in [0.717, 1.165) is 79.5 Å². The van der Waals surface area contributed by atoms with Gasteiger partial charge in [-0.2, -0.15) is 0 Å². The average molecular weight is 1360 g/mol. The lowest BCUT2D eigenvalue weighted by atomic mass is 9.70. The number of carbonyl (C=O) groups is 4. The van der Waals surface area contributed by atoms with Gasteiger partial charge in [0.25, 0.3) is 0 Å². The van der Waals surface area contributed by atoms with Crippen molar-refractivity contribution in [2.24, 2.45) is 5.41 Å². The SMILES string of the molecule is CCCCCCCCCCC(CCCCCCCCC)(CCCCCCCC(=O)C[N+](C)(CCO)Cc1ccccc1)CCCCCCCC(=O)OCC[N+](C)(C)Cc1ccccc1.CC[N+](C)(CCOC(=O)CC(=O)OCC[N+](C)(CCO)Cc1ccccc1)Cc1ccccc1. The first-order valence-corrected chi connectivity index (χ1v) is 39.0. The maximum Gasteiger partial charge on any atom is 0.317 e. The van der Waals surface area contributed by atoms with Crippen molar-refractivity contribution < 1.29 is 61.5 Å². The number of ketones is 1. The summed E-state index contributed by atoms with van der Waals surface area (Å²) in [6.07, 6.45) is 38.8. The molecule has 0 amide bonds. The average Bonchev–Trinajstić information content (AvgIpc) is 0.998. The Hall–Kier alpha value is -5.28. The van der Waals surface area contributed by atoms with E-state index in [1.165, 1.54) is 177 Å². The number of ether oxygens (including phenoxy) is 3. The maximum atomic E-state index is 13.2. The van der Waals surface area contributed by atoms with E-state index in [4.69, 9.17) is 14.2 Å². The molecule has 0 aliphatic heterocycles. The third-order valence-electron chi connectivity index (χ3n) is 20.4. The van der Waals surface area contributed by atoms with Gasteiger partial charge in [0.1, 0.15) is 91.7 Å². The van der Waals surface area contributed by atoms with Gasteiger partial charge in [-0.05, 0) is 50.9 Å². The van der Waals surface area contributed by atoms with Crippen LogP contribution in [0.25, 0.3) is 0 Å². The third-order valence-corrected chi connectivity index (χ3v) is 20.4. The van der Waals surface area contributed by atoms with Gasteiger partial charge in [-0.3, -0.25) is 19.2 Å². The summed E-state index contributed by atoms with van der Waals surface area (Å²) in [6, 6.07) is 41.2. The lowest BCUT2D eigenvalue weighted by Crippen LogP contribution is -2.48. The third kappa shape index (κ3) is 42.7. The Balaban J connectivity index is 0.000000615. The summed E-state index contributed by atoms with van der Waals surface area (Å²) in [7, 11) is 10.7. The fourth-order valence-corrected chi connectivity index (χ4v) is 14.0. The molecule has 2 N–H and O–H groups in total. The molecule has 0 heterocycles. The van der Waals surface area contributed by atoms with E-state index < -0.39 is 18.4 Å². The van der Waals surface area contributed by atoms with E-state index in [0.29, 0.717) is 72.3 Å². The van der Waals surface area contributed by atoms with Crippen molar-refractivity contribution in [1.82, 2.24) is 0 Å². The summed E-state index contributed by atoms with van der Waals surface area (Å²) in [5, 5.41) is 19.3. The second-order valence-electron chi connectivity index (χ2n) is 30.4. The minimum Gasteiger partial charge on any atom is -0.460 e. The van der Waals surface area contributed by atoms with Crippen LogP contribution in [0.15, 0.2) is 121 Å². The van der Waals surface area contributed by atoms with Crippen molar-refractivity contribution in [3.63, 3.8) is 0 Å². The van der Waals surface area contributed by atoms with Crippen molar-refractivity contribution in [3.8, 4) is 0 Å². The Morgan fingerprint density at radius 1 is 0.347 bits per heavy atom. The molecule has 0 saturated heterocycles. The second kappa shape index (κ2) is 52.7. The smallest absolute Gasteiger partial charge is 0.317 e. The van der Waals surface area contributed by atoms with Gasteiger partial charge < -0.3 is 42.4 Å². The molecular formula is C85H142N4O9+4. The second-order valence-corrected chi connectivity index (χ2v) is 30.4. The van der Waals surface area contributed by atoms with Crippen LogP contribution in [0.1, 0.15) is 248 Å². The van der Waals surface area contributed by atoms with Crippen LogP contribution in [-0.2, 0) is 59.6 Å². The number of hydrogen-bond donors (Lipinski definition) is 2. The van der Waals surface area contributed by atoms with Crippen LogP contribution in [0.4, 0.5) is 0 Å². The van der Waals surface area contributed by atoms with Crippen molar-refractivity contribution in [2.45, 2.75) is 252 Å². The molecule has 4 atom stereocenters. The first-order valence-electron chi connectivity index (χ1n) is 39.0. The predicted octanol–water partition coefficient (Wildman–Crippen LogP) is 17.9. The van der Waals surface area contributed by atoms with Crippen LogP contribution < -0.4 is 0 Å². The summed E-state index contributed by atoms with van der Waals surface area (Å²) < 4.78 is 19.0. The Morgan fingerprint density at radius 3 is 1.06 bits per heavy atom. The Kier molecular flexibility index (Phi) is 46.7. The van der Waals surface area contributed by atoms with Crippen molar-refractivity contribution in [1.29, 1.82) is 0 Å². The summed E-state index contributed by atoms with van der Waals surface area (Å²) >= 11 is 0. The zero-order valence-corrected chi connectivity index (χ0v) is 63.5. The lowest BCUT2D eigenvalue weighted by molar-refractivity contribution is -0.923. The number of carbonyl (C=O) groups excluding carboxylic acids is 4. The molecule has 0 aliphatic carbocycles. The first kappa shape index (κ1) is 86.9. The quantitative estimate of drug-likeness (QED) is 0.0146. The number of likely N-dealkylation sites (N-methyl/N-ethyl adjacent to an activating group) is 4. The van der Waals surface area contributed by atoms with Crippen LogP contribution in [0.3, 0.4) is 0 Å². The van der Waals surface area contributed by atoms with Crippen LogP contribution in [-0.4, -0.2) is 166 Å². The van der Waals surface area contributed by atoms with Gasteiger partial charge in [0.05, 0.1) is 55.0 Å². The molecule has 4 aromatic carbocycles. The van der Waals surface area contributed by atoms with E-state index in [9.17, 15) is 29.4 Å². The van der Waals surface area contributed by atoms with Gasteiger partial charge in [0, 0.05) is 35.1 Å². The molecule has 0 fully saturated rings. The number of Topliss-reactive ketones (excluding diaryl/α,β-unsaturated/α-hetero) is 1. The highest BCUT2D eigenvalue weighted by atomic mass is 16.6. The van der Waals surface area contributed by atoms with E-state index >= 15 is 0 Å². The lowest BCUT2D eigenvalue weighted by Gasteiger charge is -2.35. The van der Waals surface area contributed by atoms with Crippen molar-refractivity contribution >= 4 is 23.7 Å². The van der Waals surface area contributed by atoms with E-state index in [-0.39, 0.29) is 32.4 Å². The van der Waals surface area contributed by atoms with Gasteiger partial charge in [0.2, 0.25) is 0 Å². The molecule has 4 unspecified atom stereocenters. The Bertz CT molecular complexity index is 2630. The predicted molar refractivity (Wildman–Crippen MR) is 405 cm³/mol. The summed E-state index contributed by atoms with van der Waals surface area (Å²) in [5.41, 5.74) is 5.38. The zero-order chi connectivity index (χ0) is 71.3. The molecule has 0 aromatic heterocycles. The molecular weight excluding hydrogens is 1220 g/mol. The number of nitrogens with zero attached hydrogens (tertiary/aromatic N) is 4. The number of benzene rings is 4. The van der Waals surface area contributed by atoms with E-state index in [1.54, 1.807) is 0 Å². The fraction of sp³-hybridized carbons (Fsp3) is 0.671. The van der Waals surface area contributed by atoms with Gasteiger partial charge in [-0.25, -0.2) is 0 Å². The minimum absolute atomic E-state index is 0.0375.